The molecule has 27 heavy (non-hydrogen) atoms. The minimum absolute atomic E-state index is 0.133. The average Bonchev–Trinajstić information content (AvgIpc) is 2.72. The van der Waals surface area contributed by atoms with E-state index in [1.54, 1.807) is 26.1 Å². The van der Waals surface area contributed by atoms with E-state index in [-0.39, 0.29) is 5.91 Å². The van der Waals surface area contributed by atoms with Crippen molar-refractivity contribution in [3.05, 3.63) is 78.4 Å². The van der Waals surface area contributed by atoms with Gasteiger partial charge < -0.3 is 9.64 Å². The maximum absolute atomic E-state index is 12.1. The van der Waals surface area contributed by atoms with Crippen LogP contribution in [0.3, 0.4) is 0 Å². The maximum atomic E-state index is 12.1. The molecular formula is C24H25NO2. The number of hydrogen-bond donors (Lipinski definition) is 0. The first-order valence-electron chi connectivity index (χ1n) is 9.12. The van der Waals surface area contributed by atoms with Crippen molar-refractivity contribution < 1.29 is 9.53 Å². The van der Waals surface area contributed by atoms with E-state index in [2.05, 4.69) is 48.5 Å². The Labute approximate surface area is 161 Å². The van der Waals surface area contributed by atoms with E-state index in [0.717, 1.165) is 22.4 Å². The number of carbonyl (C=O) groups is 1. The first-order valence-corrected chi connectivity index (χ1v) is 9.12. The van der Waals surface area contributed by atoms with Crippen molar-refractivity contribution in [2.24, 2.45) is 0 Å². The van der Waals surface area contributed by atoms with Crippen molar-refractivity contribution in [2.45, 2.75) is 12.8 Å². The second kappa shape index (κ2) is 8.54. The van der Waals surface area contributed by atoms with E-state index in [0.29, 0.717) is 12.8 Å². The average molecular weight is 359 g/mol. The molecule has 0 aliphatic carbocycles. The van der Waals surface area contributed by atoms with E-state index >= 15 is 0 Å². The number of amides is 1. The summed E-state index contributed by atoms with van der Waals surface area (Å²) < 4.78 is 5.47. The van der Waals surface area contributed by atoms with Crippen LogP contribution in [0.15, 0.2) is 72.8 Å². The first-order chi connectivity index (χ1) is 13.1. The molecule has 0 N–H and O–H groups in total. The van der Waals surface area contributed by atoms with Gasteiger partial charge in [0.05, 0.1) is 7.11 Å². The second-order valence-electron chi connectivity index (χ2n) is 6.72. The number of ether oxygens (including phenoxy) is 1. The van der Waals surface area contributed by atoms with Gasteiger partial charge in [-0.2, -0.15) is 0 Å². The Morgan fingerprint density at radius 2 is 1.52 bits per heavy atom. The van der Waals surface area contributed by atoms with Gasteiger partial charge in [0.25, 0.3) is 0 Å². The molecule has 0 aliphatic heterocycles. The van der Waals surface area contributed by atoms with Gasteiger partial charge in [-0.3, -0.25) is 4.79 Å². The number of benzene rings is 3. The van der Waals surface area contributed by atoms with Crippen LogP contribution in [0.1, 0.15) is 12.0 Å². The predicted molar refractivity (Wildman–Crippen MR) is 111 cm³/mol. The van der Waals surface area contributed by atoms with E-state index in [9.17, 15) is 4.79 Å². The van der Waals surface area contributed by atoms with Crippen molar-refractivity contribution >= 4 is 5.91 Å². The lowest BCUT2D eigenvalue weighted by molar-refractivity contribution is -0.128. The van der Waals surface area contributed by atoms with Crippen molar-refractivity contribution in [1.82, 2.24) is 4.90 Å². The SMILES string of the molecule is COc1ccc(CCC(=O)N(C)C)c(-c2ccccc2-c2ccccc2)c1. The quantitative estimate of drug-likeness (QED) is 0.616. The van der Waals surface area contributed by atoms with Gasteiger partial charge in [-0.15, -0.1) is 0 Å². The van der Waals surface area contributed by atoms with E-state index in [4.69, 9.17) is 4.74 Å². The van der Waals surface area contributed by atoms with Crippen LogP contribution < -0.4 is 4.74 Å². The van der Waals surface area contributed by atoms with Crippen LogP contribution in [-0.2, 0) is 11.2 Å². The lowest BCUT2D eigenvalue weighted by Gasteiger charge is -2.16. The molecule has 3 nitrogen and oxygen atoms in total. The summed E-state index contributed by atoms with van der Waals surface area (Å²) in [5.41, 5.74) is 5.75. The summed E-state index contributed by atoms with van der Waals surface area (Å²) in [4.78, 5) is 13.7. The molecule has 0 radical (unpaired) electrons. The van der Waals surface area contributed by atoms with Gasteiger partial charge in [0.1, 0.15) is 5.75 Å². The topological polar surface area (TPSA) is 29.5 Å². The molecule has 138 valence electrons. The fourth-order valence-corrected chi connectivity index (χ4v) is 3.20. The first kappa shape index (κ1) is 18.7. The third-order valence-electron chi connectivity index (χ3n) is 4.73. The molecule has 1 amide bonds. The molecule has 0 saturated heterocycles. The maximum Gasteiger partial charge on any atom is 0.222 e. The van der Waals surface area contributed by atoms with Gasteiger partial charge in [0, 0.05) is 20.5 Å². The summed E-state index contributed by atoms with van der Waals surface area (Å²) in [5.74, 6) is 0.948. The molecule has 0 fully saturated rings. The van der Waals surface area contributed by atoms with Crippen LogP contribution in [0, 0.1) is 0 Å². The van der Waals surface area contributed by atoms with E-state index in [1.807, 2.05) is 24.3 Å². The van der Waals surface area contributed by atoms with Gasteiger partial charge in [-0.1, -0.05) is 60.7 Å². The number of hydrogen-bond acceptors (Lipinski definition) is 2. The minimum atomic E-state index is 0.133. The molecule has 3 heteroatoms. The van der Waals surface area contributed by atoms with Crippen LogP contribution in [0.2, 0.25) is 0 Å². The van der Waals surface area contributed by atoms with Gasteiger partial charge in [-0.25, -0.2) is 0 Å². The van der Waals surface area contributed by atoms with Crippen LogP contribution >= 0.6 is 0 Å². The van der Waals surface area contributed by atoms with E-state index < -0.39 is 0 Å². The molecule has 0 atom stereocenters. The number of carbonyl (C=O) groups excluding carboxylic acids is 1. The Bertz CT molecular complexity index is 917. The third kappa shape index (κ3) is 4.37. The van der Waals surface area contributed by atoms with Crippen LogP contribution in [-0.4, -0.2) is 32.0 Å². The van der Waals surface area contributed by atoms with Crippen molar-refractivity contribution in [2.75, 3.05) is 21.2 Å². The zero-order valence-corrected chi connectivity index (χ0v) is 16.1. The van der Waals surface area contributed by atoms with Gasteiger partial charge in [0.2, 0.25) is 5.91 Å². The molecule has 0 aliphatic rings. The molecule has 0 bridgehead atoms. The lowest BCUT2D eigenvalue weighted by atomic mass is 9.90. The van der Waals surface area contributed by atoms with Crippen LogP contribution in [0.5, 0.6) is 5.75 Å². The van der Waals surface area contributed by atoms with Gasteiger partial charge in [0.15, 0.2) is 0 Å². The predicted octanol–water partition coefficient (Wildman–Crippen LogP) is 5.05. The molecule has 0 heterocycles. The molecule has 0 unspecified atom stereocenters. The zero-order chi connectivity index (χ0) is 19.2. The van der Waals surface area contributed by atoms with E-state index in [1.165, 1.54) is 11.1 Å². The lowest BCUT2D eigenvalue weighted by Crippen LogP contribution is -2.21. The summed E-state index contributed by atoms with van der Waals surface area (Å²) >= 11 is 0. The Balaban J connectivity index is 2.07. The van der Waals surface area contributed by atoms with Crippen LogP contribution in [0.25, 0.3) is 22.3 Å². The molecule has 0 saturated carbocycles. The highest BCUT2D eigenvalue weighted by atomic mass is 16.5. The fraction of sp³-hybridized carbons (Fsp3) is 0.208. The monoisotopic (exact) mass is 359 g/mol. The number of aryl methyl sites for hydroxylation is 1. The number of rotatable bonds is 6. The molecular weight excluding hydrogens is 334 g/mol. The number of nitrogens with zero attached hydrogens (tertiary/aromatic N) is 1. The largest absolute Gasteiger partial charge is 0.497 e. The Kier molecular flexibility index (Phi) is 5.92. The highest BCUT2D eigenvalue weighted by molar-refractivity contribution is 5.85. The Hall–Kier alpha value is -3.07. The van der Waals surface area contributed by atoms with Crippen molar-refractivity contribution in [1.29, 1.82) is 0 Å². The summed E-state index contributed by atoms with van der Waals surface area (Å²) in [6, 6.07) is 24.8. The Morgan fingerprint density at radius 3 is 2.19 bits per heavy atom. The zero-order valence-electron chi connectivity index (χ0n) is 16.1. The van der Waals surface area contributed by atoms with Gasteiger partial charge in [-0.05, 0) is 46.4 Å². The Morgan fingerprint density at radius 1 is 0.852 bits per heavy atom. The molecule has 3 rings (SSSR count). The molecule has 3 aromatic rings. The summed E-state index contributed by atoms with van der Waals surface area (Å²) in [5, 5.41) is 0. The van der Waals surface area contributed by atoms with Gasteiger partial charge >= 0.3 is 0 Å². The minimum Gasteiger partial charge on any atom is -0.497 e. The highest BCUT2D eigenvalue weighted by Crippen LogP contribution is 2.36. The van der Waals surface area contributed by atoms with Crippen molar-refractivity contribution in [3.63, 3.8) is 0 Å². The van der Waals surface area contributed by atoms with Crippen molar-refractivity contribution in [3.8, 4) is 28.0 Å². The standard InChI is InChI=1S/C24H25NO2/c1-25(2)24(26)16-14-19-13-15-20(27-3)17-23(19)22-12-8-7-11-21(22)18-9-5-4-6-10-18/h4-13,15,17H,14,16H2,1-3H3. The molecule has 0 spiro atoms. The van der Waals surface area contributed by atoms with Crippen LogP contribution in [0.4, 0.5) is 0 Å². The molecule has 0 aromatic heterocycles. The highest BCUT2D eigenvalue weighted by Gasteiger charge is 2.14. The number of methoxy groups -OCH3 is 1. The fourth-order valence-electron chi connectivity index (χ4n) is 3.20. The molecule has 3 aromatic carbocycles. The summed E-state index contributed by atoms with van der Waals surface area (Å²) in [6.45, 7) is 0. The second-order valence-corrected chi connectivity index (χ2v) is 6.72. The summed E-state index contributed by atoms with van der Waals surface area (Å²) in [6.07, 6.45) is 1.18. The third-order valence-corrected chi connectivity index (χ3v) is 4.73. The normalized spacial score (nSPS) is 10.5. The summed E-state index contributed by atoms with van der Waals surface area (Å²) in [7, 11) is 5.27. The smallest absolute Gasteiger partial charge is 0.222 e.